The number of aryl methyl sites for hydroxylation is 1. The Hall–Kier alpha value is -3.00. The van der Waals surface area contributed by atoms with E-state index in [0.29, 0.717) is 11.7 Å². The molecule has 0 bridgehead atoms. The second-order valence-electron chi connectivity index (χ2n) is 6.18. The van der Waals surface area contributed by atoms with E-state index in [1.807, 2.05) is 61.5 Å². The van der Waals surface area contributed by atoms with E-state index < -0.39 is 0 Å². The van der Waals surface area contributed by atoms with Gasteiger partial charge in [0, 0.05) is 6.42 Å². The highest BCUT2D eigenvalue weighted by Gasteiger charge is 2.22. The van der Waals surface area contributed by atoms with Gasteiger partial charge in [0.25, 0.3) is 5.91 Å². The highest BCUT2D eigenvalue weighted by atomic mass is 32.2. The molecule has 1 aliphatic rings. The molecule has 0 aliphatic carbocycles. The van der Waals surface area contributed by atoms with Crippen molar-refractivity contribution in [1.29, 1.82) is 0 Å². The molecular formula is C19H18N6OS. The number of hydrazone groups is 1. The van der Waals surface area contributed by atoms with E-state index in [1.165, 1.54) is 16.8 Å². The molecule has 0 fully saturated rings. The summed E-state index contributed by atoms with van der Waals surface area (Å²) in [6.45, 7) is 2.62. The molecule has 1 aromatic heterocycles. The van der Waals surface area contributed by atoms with E-state index in [4.69, 9.17) is 0 Å². The van der Waals surface area contributed by atoms with Crippen LogP contribution in [0.5, 0.6) is 0 Å². The van der Waals surface area contributed by atoms with Crippen LogP contribution in [0.3, 0.4) is 0 Å². The highest BCUT2D eigenvalue weighted by molar-refractivity contribution is 7.99. The zero-order valence-electron chi connectivity index (χ0n) is 14.8. The van der Waals surface area contributed by atoms with Crippen LogP contribution in [-0.2, 0) is 4.79 Å². The van der Waals surface area contributed by atoms with Crippen molar-refractivity contribution >= 4 is 23.4 Å². The highest BCUT2D eigenvalue weighted by Crippen LogP contribution is 2.21. The van der Waals surface area contributed by atoms with Crippen LogP contribution in [0.15, 0.2) is 64.9 Å². The van der Waals surface area contributed by atoms with Crippen molar-refractivity contribution in [2.24, 2.45) is 5.10 Å². The van der Waals surface area contributed by atoms with Gasteiger partial charge in [-0.3, -0.25) is 4.79 Å². The fourth-order valence-electron chi connectivity index (χ4n) is 2.86. The van der Waals surface area contributed by atoms with Crippen molar-refractivity contribution in [3.8, 4) is 5.69 Å². The van der Waals surface area contributed by atoms with Gasteiger partial charge in [-0.05, 0) is 40.6 Å². The fourth-order valence-corrected chi connectivity index (χ4v) is 3.62. The maximum Gasteiger partial charge on any atom is 0.253 e. The summed E-state index contributed by atoms with van der Waals surface area (Å²) in [5.74, 6) is 0.183. The number of hydrogen-bond donors (Lipinski definition) is 0. The third-order valence-corrected chi connectivity index (χ3v) is 5.11. The SMILES string of the molecule is Cc1cccc(-n2nnnc2SCC(=O)N2CCC(c3ccccc3)=N2)c1. The van der Waals surface area contributed by atoms with E-state index in [1.54, 1.807) is 4.68 Å². The van der Waals surface area contributed by atoms with Crippen LogP contribution in [-0.4, -0.2) is 49.1 Å². The van der Waals surface area contributed by atoms with Gasteiger partial charge in [0.2, 0.25) is 5.16 Å². The smallest absolute Gasteiger partial charge is 0.253 e. The number of nitrogens with zero attached hydrogens (tertiary/aromatic N) is 6. The third kappa shape index (κ3) is 3.90. The molecule has 0 atom stereocenters. The molecule has 8 heteroatoms. The van der Waals surface area contributed by atoms with Gasteiger partial charge in [-0.15, -0.1) is 5.10 Å². The van der Waals surface area contributed by atoms with E-state index in [0.717, 1.165) is 28.9 Å². The molecular weight excluding hydrogens is 360 g/mol. The number of hydrogen-bond acceptors (Lipinski definition) is 6. The molecule has 0 spiro atoms. The van der Waals surface area contributed by atoms with Crippen LogP contribution in [0.25, 0.3) is 5.69 Å². The normalized spacial score (nSPS) is 13.7. The van der Waals surface area contributed by atoms with Crippen molar-refractivity contribution in [3.63, 3.8) is 0 Å². The lowest BCUT2D eigenvalue weighted by Crippen LogP contribution is -2.25. The maximum absolute atomic E-state index is 12.5. The number of aromatic nitrogens is 4. The Balaban J connectivity index is 1.42. The Morgan fingerprint density at radius 2 is 2.00 bits per heavy atom. The molecule has 27 heavy (non-hydrogen) atoms. The lowest BCUT2D eigenvalue weighted by atomic mass is 10.1. The van der Waals surface area contributed by atoms with Gasteiger partial charge in [0.05, 0.1) is 23.7 Å². The van der Waals surface area contributed by atoms with E-state index in [2.05, 4.69) is 20.6 Å². The molecule has 136 valence electrons. The number of amides is 1. The quantitative estimate of drug-likeness (QED) is 0.638. The average Bonchev–Trinajstić information content (AvgIpc) is 3.36. The average molecular weight is 378 g/mol. The molecule has 1 amide bonds. The number of carbonyl (C=O) groups excluding carboxylic acids is 1. The summed E-state index contributed by atoms with van der Waals surface area (Å²) in [6.07, 6.45) is 0.765. The minimum absolute atomic E-state index is 0.0512. The van der Waals surface area contributed by atoms with E-state index in [-0.39, 0.29) is 11.7 Å². The van der Waals surface area contributed by atoms with Crippen LogP contribution in [0.2, 0.25) is 0 Å². The number of tetrazole rings is 1. The minimum Gasteiger partial charge on any atom is -0.272 e. The lowest BCUT2D eigenvalue weighted by Gasteiger charge is -2.10. The zero-order chi connectivity index (χ0) is 18.6. The Morgan fingerprint density at radius 3 is 2.81 bits per heavy atom. The monoisotopic (exact) mass is 378 g/mol. The first-order chi connectivity index (χ1) is 13.2. The number of benzene rings is 2. The first-order valence-electron chi connectivity index (χ1n) is 8.62. The maximum atomic E-state index is 12.5. The minimum atomic E-state index is -0.0512. The zero-order valence-corrected chi connectivity index (χ0v) is 15.6. The van der Waals surface area contributed by atoms with Crippen LogP contribution >= 0.6 is 11.8 Å². The standard InChI is InChI=1S/C19H18N6OS/c1-14-6-5-9-16(12-14)25-19(20-22-23-25)27-13-18(26)24-11-10-17(21-24)15-7-3-2-4-8-15/h2-9,12H,10-11,13H2,1H3. The molecule has 0 N–H and O–H groups in total. The predicted molar refractivity (Wildman–Crippen MR) is 104 cm³/mol. The second kappa shape index (κ2) is 7.71. The van der Waals surface area contributed by atoms with Crippen LogP contribution in [0, 0.1) is 6.92 Å². The van der Waals surface area contributed by atoms with Gasteiger partial charge >= 0.3 is 0 Å². The summed E-state index contributed by atoms with van der Waals surface area (Å²) < 4.78 is 1.65. The van der Waals surface area contributed by atoms with Crippen molar-refractivity contribution in [3.05, 3.63) is 65.7 Å². The summed E-state index contributed by atoms with van der Waals surface area (Å²) >= 11 is 1.31. The Labute approximate surface area is 161 Å². The molecule has 2 heterocycles. The largest absolute Gasteiger partial charge is 0.272 e. The molecule has 0 saturated heterocycles. The molecule has 0 radical (unpaired) electrons. The Bertz CT molecular complexity index is 985. The summed E-state index contributed by atoms with van der Waals surface area (Å²) in [7, 11) is 0. The molecule has 0 saturated carbocycles. The van der Waals surface area contributed by atoms with Gasteiger partial charge in [-0.1, -0.05) is 54.2 Å². The summed E-state index contributed by atoms with van der Waals surface area (Å²) in [5.41, 5.74) is 4.00. The summed E-state index contributed by atoms with van der Waals surface area (Å²) in [4.78, 5) is 12.5. The summed E-state index contributed by atoms with van der Waals surface area (Å²) in [5, 5.41) is 18.4. The molecule has 1 aliphatic heterocycles. The number of thioether (sulfide) groups is 1. The predicted octanol–water partition coefficient (Wildman–Crippen LogP) is 2.70. The van der Waals surface area contributed by atoms with Gasteiger partial charge < -0.3 is 0 Å². The molecule has 4 rings (SSSR count). The summed E-state index contributed by atoms with van der Waals surface area (Å²) in [6, 6.07) is 17.8. The Kier molecular flexibility index (Phi) is 4.97. The molecule has 3 aromatic rings. The topological polar surface area (TPSA) is 76.3 Å². The molecule has 2 aromatic carbocycles. The molecule has 0 unspecified atom stereocenters. The second-order valence-corrected chi connectivity index (χ2v) is 7.12. The van der Waals surface area contributed by atoms with Crippen LogP contribution in [0.4, 0.5) is 0 Å². The van der Waals surface area contributed by atoms with E-state index in [9.17, 15) is 4.79 Å². The fraction of sp³-hybridized carbons (Fsp3) is 0.211. The Morgan fingerprint density at radius 1 is 1.15 bits per heavy atom. The van der Waals surface area contributed by atoms with Crippen LogP contribution in [0.1, 0.15) is 17.5 Å². The van der Waals surface area contributed by atoms with Crippen molar-refractivity contribution in [1.82, 2.24) is 25.2 Å². The first kappa shape index (κ1) is 17.4. The van der Waals surface area contributed by atoms with Crippen molar-refractivity contribution in [2.75, 3.05) is 12.3 Å². The number of rotatable bonds is 5. The van der Waals surface area contributed by atoms with E-state index >= 15 is 0 Å². The third-order valence-electron chi connectivity index (χ3n) is 4.21. The molecule has 7 nitrogen and oxygen atoms in total. The van der Waals surface area contributed by atoms with Crippen molar-refractivity contribution < 1.29 is 4.79 Å². The van der Waals surface area contributed by atoms with Gasteiger partial charge in [0.1, 0.15) is 0 Å². The van der Waals surface area contributed by atoms with Crippen LogP contribution < -0.4 is 0 Å². The van der Waals surface area contributed by atoms with Gasteiger partial charge in [-0.25, -0.2) is 5.01 Å². The first-order valence-corrected chi connectivity index (χ1v) is 9.61. The number of carbonyl (C=O) groups is 1. The lowest BCUT2D eigenvalue weighted by molar-refractivity contribution is -0.127. The van der Waals surface area contributed by atoms with Gasteiger partial charge in [0.15, 0.2) is 0 Å². The van der Waals surface area contributed by atoms with Crippen molar-refractivity contribution in [2.45, 2.75) is 18.5 Å². The van der Waals surface area contributed by atoms with Gasteiger partial charge in [-0.2, -0.15) is 9.78 Å².